The quantitative estimate of drug-likeness (QED) is 0.139. The van der Waals surface area contributed by atoms with Crippen LogP contribution in [0, 0.1) is 0 Å². The Morgan fingerprint density at radius 3 is 1.83 bits per heavy atom. The van der Waals surface area contributed by atoms with Crippen molar-refractivity contribution in [2.24, 2.45) is 7.05 Å². The second-order valence-electron chi connectivity index (χ2n) is 17.5. The second kappa shape index (κ2) is 16.3. The largest absolute Gasteiger partial charge is 0.344 e. The molecule has 2 nitrogen and oxygen atoms in total. The first-order valence-electron chi connectivity index (χ1n) is 23.0. The molecule has 2 heteroatoms. The molecule has 0 bridgehead atoms. The van der Waals surface area contributed by atoms with Crippen molar-refractivity contribution in [1.82, 2.24) is 4.57 Å². The molecule has 0 amide bonds. The van der Waals surface area contributed by atoms with E-state index in [1.165, 1.54) is 116 Å². The van der Waals surface area contributed by atoms with Gasteiger partial charge in [0.05, 0.1) is 5.52 Å². The standard InChI is InChI=1S/C63H48N2/c1-64-60-39-44(29-35-55(60)56-37-34-53(42-61(56)64)65(51-20-10-4-11-21-51)52-22-12-5-13-23-52)27-26-43-28-30-48-40-49(32-31-47(48)38-43)50-33-36-58-59(41-50)54-24-14-15-25-57(54)62(45-16-6-2-7-17-45)63(58)46-18-8-3-9-19-46/h2-4,6-12,14,16-24,26-42H,5,13,15,25H2,1H3/b27-26+. The normalized spacial score (nSPS) is 13.6. The fourth-order valence-corrected chi connectivity index (χ4v) is 10.4. The highest BCUT2D eigenvalue weighted by atomic mass is 15.1. The SMILES string of the molecule is Cn1c2cc(/C=C/c3ccc4cc(-c5ccc6c(-c7ccccc7)c(-c7ccccc7)c7c(c6c5)C=CCC7)ccc4c3)ccc2c2ccc(N(C3=CCCC=C3)c3ccccc3)cc21. The zero-order valence-electron chi connectivity index (χ0n) is 36.6. The molecule has 2 aliphatic rings. The maximum atomic E-state index is 2.43. The van der Waals surface area contributed by atoms with Crippen LogP contribution in [0.4, 0.5) is 11.4 Å². The van der Waals surface area contributed by atoms with E-state index in [1.54, 1.807) is 0 Å². The average Bonchev–Trinajstić information content (AvgIpc) is 3.65. The van der Waals surface area contributed by atoms with Gasteiger partial charge in [-0.3, -0.25) is 0 Å². The van der Waals surface area contributed by atoms with E-state index in [-0.39, 0.29) is 0 Å². The summed E-state index contributed by atoms with van der Waals surface area (Å²) in [6.45, 7) is 0. The van der Waals surface area contributed by atoms with Crippen LogP contribution in [0.2, 0.25) is 0 Å². The summed E-state index contributed by atoms with van der Waals surface area (Å²) in [5.41, 5.74) is 18.9. The number of hydrogen-bond acceptors (Lipinski definition) is 1. The number of para-hydroxylation sites is 1. The Morgan fingerprint density at radius 1 is 0.446 bits per heavy atom. The molecule has 65 heavy (non-hydrogen) atoms. The summed E-state index contributed by atoms with van der Waals surface area (Å²) in [5.74, 6) is 0. The van der Waals surface area contributed by atoms with Crippen LogP contribution in [0.1, 0.15) is 41.5 Å². The summed E-state index contributed by atoms with van der Waals surface area (Å²) in [4.78, 5) is 2.38. The fourth-order valence-electron chi connectivity index (χ4n) is 10.4. The molecular weight excluding hydrogens is 785 g/mol. The summed E-state index contributed by atoms with van der Waals surface area (Å²) in [5, 5.41) is 7.63. The van der Waals surface area contributed by atoms with Crippen molar-refractivity contribution < 1.29 is 0 Å². The van der Waals surface area contributed by atoms with Gasteiger partial charge in [0.1, 0.15) is 0 Å². The second-order valence-corrected chi connectivity index (χ2v) is 17.5. The van der Waals surface area contributed by atoms with Gasteiger partial charge >= 0.3 is 0 Å². The number of anilines is 2. The molecule has 0 radical (unpaired) electrons. The van der Waals surface area contributed by atoms with Gasteiger partial charge < -0.3 is 9.47 Å². The van der Waals surface area contributed by atoms with Crippen molar-refractivity contribution in [2.75, 3.05) is 4.90 Å². The van der Waals surface area contributed by atoms with Crippen molar-refractivity contribution >= 4 is 73.0 Å². The highest BCUT2D eigenvalue weighted by molar-refractivity contribution is 6.12. The molecule has 0 fully saturated rings. The van der Waals surface area contributed by atoms with E-state index >= 15 is 0 Å². The molecule has 310 valence electrons. The van der Waals surface area contributed by atoms with Crippen LogP contribution in [-0.4, -0.2) is 4.57 Å². The smallest absolute Gasteiger partial charge is 0.0509 e. The number of fused-ring (bicyclic) bond motifs is 7. The Bertz CT molecular complexity index is 3580. The lowest BCUT2D eigenvalue weighted by Crippen LogP contribution is -2.16. The number of allylic oxidation sites excluding steroid dienone is 4. The van der Waals surface area contributed by atoms with E-state index in [0.717, 1.165) is 25.7 Å². The van der Waals surface area contributed by atoms with Gasteiger partial charge in [0.25, 0.3) is 0 Å². The van der Waals surface area contributed by atoms with Crippen LogP contribution in [0.25, 0.3) is 95.0 Å². The molecule has 0 atom stereocenters. The topological polar surface area (TPSA) is 8.17 Å². The zero-order chi connectivity index (χ0) is 43.3. The van der Waals surface area contributed by atoms with Gasteiger partial charge in [0, 0.05) is 40.4 Å². The van der Waals surface area contributed by atoms with Crippen LogP contribution in [-0.2, 0) is 13.5 Å². The van der Waals surface area contributed by atoms with Gasteiger partial charge in [-0.25, -0.2) is 0 Å². The lowest BCUT2D eigenvalue weighted by atomic mass is 9.79. The van der Waals surface area contributed by atoms with E-state index in [1.807, 2.05) is 0 Å². The Balaban J connectivity index is 0.857. The predicted molar refractivity (Wildman–Crippen MR) is 280 cm³/mol. The van der Waals surface area contributed by atoms with Gasteiger partial charge in [0.2, 0.25) is 0 Å². The van der Waals surface area contributed by atoms with Crippen LogP contribution < -0.4 is 4.90 Å². The van der Waals surface area contributed by atoms with E-state index in [4.69, 9.17) is 0 Å². The summed E-state index contributed by atoms with van der Waals surface area (Å²) < 4.78 is 2.35. The van der Waals surface area contributed by atoms with Gasteiger partial charge in [-0.2, -0.15) is 0 Å². The lowest BCUT2D eigenvalue weighted by Gasteiger charge is -2.27. The van der Waals surface area contributed by atoms with Gasteiger partial charge in [-0.1, -0.05) is 170 Å². The van der Waals surface area contributed by atoms with Gasteiger partial charge in [-0.15, -0.1) is 0 Å². The van der Waals surface area contributed by atoms with Crippen molar-refractivity contribution in [3.63, 3.8) is 0 Å². The van der Waals surface area contributed by atoms with E-state index in [9.17, 15) is 0 Å². The minimum Gasteiger partial charge on any atom is -0.344 e. The first kappa shape index (κ1) is 38.7. The maximum absolute atomic E-state index is 2.43. The molecule has 0 spiro atoms. The first-order valence-corrected chi connectivity index (χ1v) is 23.0. The van der Waals surface area contributed by atoms with Crippen LogP contribution in [0.15, 0.2) is 212 Å². The summed E-state index contributed by atoms with van der Waals surface area (Å²) in [6, 6.07) is 67.2. The number of hydrogen-bond donors (Lipinski definition) is 0. The molecule has 1 heterocycles. The summed E-state index contributed by atoms with van der Waals surface area (Å²) >= 11 is 0. The molecule has 12 rings (SSSR count). The summed E-state index contributed by atoms with van der Waals surface area (Å²) in [6.07, 6.45) is 20.3. The molecule has 0 saturated carbocycles. The molecule has 9 aromatic carbocycles. The maximum Gasteiger partial charge on any atom is 0.0509 e. The van der Waals surface area contributed by atoms with Crippen molar-refractivity contribution in [2.45, 2.75) is 25.7 Å². The third-order valence-corrected chi connectivity index (χ3v) is 13.6. The average molecular weight is 833 g/mol. The third kappa shape index (κ3) is 6.99. The van der Waals surface area contributed by atoms with E-state index in [2.05, 4.69) is 241 Å². The molecular formula is C63H48N2. The molecule has 0 N–H and O–H groups in total. The summed E-state index contributed by atoms with van der Waals surface area (Å²) in [7, 11) is 2.19. The number of nitrogens with zero attached hydrogens (tertiary/aromatic N) is 2. The van der Waals surface area contributed by atoms with Gasteiger partial charge in [-0.05, 0) is 157 Å². The molecule has 1 aromatic heterocycles. The highest BCUT2D eigenvalue weighted by Gasteiger charge is 2.23. The number of aromatic nitrogens is 1. The predicted octanol–water partition coefficient (Wildman–Crippen LogP) is 17.1. The minimum atomic E-state index is 1.03. The highest BCUT2D eigenvalue weighted by Crippen LogP contribution is 2.46. The van der Waals surface area contributed by atoms with Crippen LogP contribution in [0.5, 0.6) is 0 Å². The molecule has 0 aliphatic heterocycles. The number of rotatable bonds is 8. The number of benzene rings is 9. The van der Waals surface area contributed by atoms with Crippen molar-refractivity contribution in [1.29, 1.82) is 0 Å². The minimum absolute atomic E-state index is 1.03. The Labute approximate surface area is 381 Å². The molecule has 0 saturated heterocycles. The Hall–Kier alpha value is -7.94. The zero-order valence-corrected chi connectivity index (χ0v) is 36.6. The monoisotopic (exact) mass is 832 g/mol. The molecule has 2 aliphatic carbocycles. The van der Waals surface area contributed by atoms with E-state index in [0.29, 0.717) is 0 Å². The van der Waals surface area contributed by atoms with Gasteiger partial charge in [0.15, 0.2) is 0 Å². The lowest BCUT2D eigenvalue weighted by molar-refractivity contribution is 0.992. The first-order chi connectivity index (χ1) is 32.1. The molecule has 0 unspecified atom stereocenters. The van der Waals surface area contributed by atoms with Crippen molar-refractivity contribution in [3.8, 4) is 33.4 Å². The third-order valence-electron chi connectivity index (χ3n) is 13.6. The Kier molecular flexibility index (Phi) is 9.72. The molecule has 10 aromatic rings. The van der Waals surface area contributed by atoms with E-state index < -0.39 is 0 Å². The Morgan fingerprint density at radius 2 is 1.06 bits per heavy atom. The number of aryl methyl sites for hydroxylation is 1. The van der Waals surface area contributed by atoms with Crippen LogP contribution in [0.3, 0.4) is 0 Å². The van der Waals surface area contributed by atoms with Crippen LogP contribution >= 0.6 is 0 Å². The van der Waals surface area contributed by atoms with Crippen molar-refractivity contribution in [3.05, 3.63) is 234 Å². The fraction of sp³-hybridized carbons (Fsp3) is 0.0794.